The summed E-state index contributed by atoms with van der Waals surface area (Å²) in [4.78, 5) is -0.0666. The van der Waals surface area contributed by atoms with Gasteiger partial charge in [-0.2, -0.15) is 8.42 Å². The maximum Gasteiger partial charge on any atom is 0.294 e. The van der Waals surface area contributed by atoms with Crippen LogP contribution in [-0.2, 0) is 14.9 Å². The summed E-state index contributed by atoms with van der Waals surface area (Å²) in [6.45, 7) is 5.56. The van der Waals surface area contributed by atoms with E-state index in [0.717, 1.165) is 18.8 Å². The van der Waals surface area contributed by atoms with Gasteiger partial charge in [0.05, 0.1) is 24.7 Å². The highest BCUT2D eigenvalue weighted by Crippen LogP contribution is 2.24. The van der Waals surface area contributed by atoms with Crippen molar-refractivity contribution in [2.45, 2.75) is 18.7 Å². The summed E-state index contributed by atoms with van der Waals surface area (Å²) in [5, 5.41) is 8.57. The van der Waals surface area contributed by atoms with Crippen LogP contribution >= 0.6 is 0 Å². The molecule has 2 rings (SSSR count). The van der Waals surface area contributed by atoms with E-state index in [1.54, 1.807) is 12.1 Å². The maximum absolute atomic E-state index is 10.5. The first-order valence-electron chi connectivity index (χ1n) is 5.50. The van der Waals surface area contributed by atoms with Crippen molar-refractivity contribution in [1.29, 1.82) is 0 Å². The number of hydrogen-bond acceptors (Lipinski definition) is 4. The number of aliphatic hydroxyl groups is 1. The van der Waals surface area contributed by atoms with E-state index < -0.39 is 10.1 Å². The van der Waals surface area contributed by atoms with Gasteiger partial charge in [0.25, 0.3) is 10.1 Å². The van der Waals surface area contributed by atoms with Gasteiger partial charge in [-0.05, 0) is 19.1 Å². The zero-order chi connectivity index (χ0) is 13.8. The van der Waals surface area contributed by atoms with Crippen LogP contribution in [0.1, 0.15) is 12.5 Å². The minimum Gasteiger partial charge on any atom is -0.396 e. The molecule has 0 radical (unpaired) electrons. The van der Waals surface area contributed by atoms with Gasteiger partial charge in [0.1, 0.15) is 0 Å². The SMILES string of the molecule is CC1(CO)COC1.Cc1ccc(S(=O)(=O)O)cc1. The molecular formula is C12H18O5S. The molecule has 1 aliphatic heterocycles. The van der Waals surface area contributed by atoms with Crippen molar-refractivity contribution in [3.8, 4) is 0 Å². The highest BCUT2D eigenvalue weighted by atomic mass is 32.2. The van der Waals surface area contributed by atoms with E-state index in [1.165, 1.54) is 12.1 Å². The van der Waals surface area contributed by atoms with E-state index in [9.17, 15) is 8.42 Å². The van der Waals surface area contributed by atoms with Crippen molar-refractivity contribution in [1.82, 2.24) is 0 Å². The molecule has 0 atom stereocenters. The largest absolute Gasteiger partial charge is 0.396 e. The summed E-state index contributed by atoms with van der Waals surface area (Å²) in [5.74, 6) is 0. The summed E-state index contributed by atoms with van der Waals surface area (Å²) in [7, 11) is -4.02. The van der Waals surface area contributed by atoms with E-state index in [1.807, 2.05) is 13.8 Å². The lowest BCUT2D eigenvalue weighted by atomic mass is 9.90. The fraction of sp³-hybridized carbons (Fsp3) is 0.500. The Balaban J connectivity index is 0.000000199. The summed E-state index contributed by atoms with van der Waals surface area (Å²) >= 11 is 0. The smallest absolute Gasteiger partial charge is 0.294 e. The van der Waals surface area contributed by atoms with E-state index in [2.05, 4.69) is 0 Å². The first-order chi connectivity index (χ1) is 8.27. The van der Waals surface area contributed by atoms with Crippen LogP contribution in [0.25, 0.3) is 0 Å². The van der Waals surface area contributed by atoms with Gasteiger partial charge in [0.15, 0.2) is 0 Å². The van der Waals surface area contributed by atoms with Crippen molar-refractivity contribution in [2.75, 3.05) is 19.8 Å². The van der Waals surface area contributed by atoms with Gasteiger partial charge in [0.2, 0.25) is 0 Å². The average molecular weight is 274 g/mol. The molecule has 1 saturated heterocycles. The Morgan fingerprint density at radius 2 is 1.78 bits per heavy atom. The molecule has 0 unspecified atom stereocenters. The molecule has 1 fully saturated rings. The van der Waals surface area contributed by atoms with Gasteiger partial charge in [-0.1, -0.05) is 24.6 Å². The third-order valence-corrected chi connectivity index (χ3v) is 3.47. The fourth-order valence-electron chi connectivity index (χ4n) is 1.25. The van der Waals surface area contributed by atoms with Crippen molar-refractivity contribution >= 4 is 10.1 Å². The summed E-state index contributed by atoms with van der Waals surface area (Å²) in [6, 6.07) is 5.99. The average Bonchev–Trinajstić information content (AvgIpc) is 2.26. The minimum atomic E-state index is -4.02. The number of ether oxygens (including phenoxy) is 1. The van der Waals surface area contributed by atoms with E-state index >= 15 is 0 Å². The lowest BCUT2D eigenvalue weighted by molar-refractivity contribution is -0.125. The molecule has 0 aromatic heterocycles. The number of hydrogen-bond donors (Lipinski definition) is 2. The molecule has 0 aliphatic carbocycles. The molecular weight excluding hydrogens is 256 g/mol. The third-order valence-electron chi connectivity index (χ3n) is 2.60. The molecule has 0 saturated carbocycles. The normalized spacial score (nSPS) is 17.3. The summed E-state index contributed by atoms with van der Waals surface area (Å²) in [5.41, 5.74) is 1.05. The van der Waals surface area contributed by atoms with Crippen LogP contribution in [0.2, 0.25) is 0 Å². The van der Waals surface area contributed by atoms with Crippen molar-refractivity contribution < 1.29 is 22.8 Å². The van der Waals surface area contributed by atoms with E-state index in [-0.39, 0.29) is 16.9 Å². The van der Waals surface area contributed by atoms with Gasteiger partial charge in [-0.25, -0.2) is 0 Å². The molecule has 0 spiro atoms. The van der Waals surface area contributed by atoms with Crippen LogP contribution in [-0.4, -0.2) is 37.9 Å². The number of aliphatic hydroxyl groups excluding tert-OH is 1. The van der Waals surface area contributed by atoms with Crippen LogP contribution < -0.4 is 0 Å². The van der Waals surface area contributed by atoms with Gasteiger partial charge in [0, 0.05) is 5.41 Å². The topological polar surface area (TPSA) is 83.8 Å². The van der Waals surface area contributed by atoms with Crippen molar-refractivity contribution in [3.63, 3.8) is 0 Å². The monoisotopic (exact) mass is 274 g/mol. The predicted molar refractivity (Wildman–Crippen MR) is 67.0 cm³/mol. The second-order valence-electron chi connectivity index (χ2n) is 4.75. The van der Waals surface area contributed by atoms with E-state index in [4.69, 9.17) is 14.4 Å². The molecule has 102 valence electrons. The van der Waals surface area contributed by atoms with Crippen LogP contribution in [0.4, 0.5) is 0 Å². The Hall–Kier alpha value is -0.950. The molecule has 1 aliphatic rings. The Morgan fingerprint density at radius 1 is 1.28 bits per heavy atom. The van der Waals surface area contributed by atoms with Crippen LogP contribution in [0, 0.1) is 12.3 Å². The van der Waals surface area contributed by atoms with Gasteiger partial charge >= 0.3 is 0 Å². The van der Waals surface area contributed by atoms with Crippen LogP contribution in [0.5, 0.6) is 0 Å². The Kier molecular flexibility index (Phi) is 4.86. The lowest BCUT2D eigenvalue weighted by Crippen LogP contribution is -2.42. The highest BCUT2D eigenvalue weighted by molar-refractivity contribution is 7.85. The zero-order valence-electron chi connectivity index (χ0n) is 10.5. The van der Waals surface area contributed by atoms with Crippen LogP contribution in [0.15, 0.2) is 29.2 Å². The molecule has 1 aromatic rings. The number of rotatable bonds is 2. The molecule has 6 heteroatoms. The Labute approximate surface area is 107 Å². The van der Waals surface area contributed by atoms with Crippen LogP contribution in [0.3, 0.4) is 0 Å². The molecule has 0 amide bonds. The second-order valence-corrected chi connectivity index (χ2v) is 6.17. The maximum atomic E-state index is 10.5. The van der Waals surface area contributed by atoms with E-state index in [0.29, 0.717) is 0 Å². The van der Waals surface area contributed by atoms with Crippen molar-refractivity contribution in [2.24, 2.45) is 5.41 Å². The predicted octanol–water partition coefficient (Wildman–Crippen LogP) is 1.26. The molecule has 5 nitrogen and oxygen atoms in total. The molecule has 1 heterocycles. The van der Waals surface area contributed by atoms with Gasteiger partial charge in [-0.3, -0.25) is 4.55 Å². The highest BCUT2D eigenvalue weighted by Gasteiger charge is 2.31. The molecule has 2 N–H and O–H groups in total. The van der Waals surface area contributed by atoms with Gasteiger partial charge in [-0.15, -0.1) is 0 Å². The Morgan fingerprint density at radius 3 is 2.00 bits per heavy atom. The number of aryl methyl sites for hydroxylation is 1. The fourth-order valence-corrected chi connectivity index (χ4v) is 1.73. The molecule has 1 aromatic carbocycles. The quantitative estimate of drug-likeness (QED) is 0.793. The lowest BCUT2D eigenvalue weighted by Gasteiger charge is -2.35. The standard InChI is InChI=1S/C7H8O3S.C5H10O2/c1-6-2-4-7(5-3-6)11(8,9)10;1-5(2-6)3-7-4-5/h2-5H,1H3,(H,8,9,10);6H,2-4H2,1H3. The van der Waals surface area contributed by atoms with Gasteiger partial charge < -0.3 is 9.84 Å². The second kappa shape index (κ2) is 5.79. The third kappa shape index (κ3) is 4.38. The first-order valence-corrected chi connectivity index (χ1v) is 6.94. The first kappa shape index (κ1) is 15.1. The number of benzene rings is 1. The summed E-state index contributed by atoms with van der Waals surface area (Å²) < 4.78 is 34.4. The summed E-state index contributed by atoms with van der Waals surface area (Å²) in [6.07, 6.45) is 0. The zero-order valence-corrected chi connectivity index (χ0v) is 11.3. The molecule has 0 bridgehead atoms. The Bertz CT molecular complexity index is 468. The molecule has 18 heavy (non-hydrogen) atoms. The van der Waals surface area contributed by atoms with Crippen molar-refractivity contribution in [3.05, 3.63) is 29.8 Å². The minimum absolute atomic E-state index is 0.0666.